The van der Waals surface area contributed by atoms with Crippen molar-refractivity contribution in [2.75, 3.05) is 0 Å². The van der Waals surface area contributed by atoms with Crippen LogP contribution in [-0.4, -0.2) is 5.11 Å². The van der Waals surface area contributed by atoms with Gasteiger partial charge in [-0.3, -0.25) is 0 Å². The van der Waals surface area contributed by atoms with Crippen molar-refractivity contribution in [1.29, 1.82) is 0 Å². The topological polar surface area (TPSA) is 20.2 Å². The van der Waals surface area contributed by atoms with Crippen molar-refractivity contribution in [1.82, 2.24) is 0 Å². The second-order valence-electron chi connectivity index (χ2n) is 2.12. The summed E-state index contributed by atoms with van der Waals surface area (Å²) in [5.41, 5.74) is 0.653. The molecule has 0 fully saturated rings. The highest BCUT2D eigenvalue weighted by atomic mass is 35.5. The molecule has 1 nitrogen and oxygen atoms in total. The molecule has 1 aromatic carbocycles. The van der Waals surface area contributed by atoms with Crippen LogP contribution in [0.25, 0.3) is 0 Å². The van der Waals surface area contributed by atoms with Crippen LogP contribution in [0, 0.1) is 12.3 Å². The number of aliphatic hydroxyl groups excluding tert-OH is 1. The Morgan fingerprint density at radius 2 is 2.27 bits per heavy atom. The number of benzene rings is 1. The molecule has 1 aromatic rings. The van der Waals surface area contributed by atoms with E-state index in [1.807, 2.05) is 0 Å². The molecule has 0 amide bonds. The number of halogens is 1. The lowest BCUT2D eigenvalue weighted by molar-refractivity contribution is 0.238. The van der Waals surface area contributed by atoms with Gasteiger partial charge in [0.2, 0.25) is 0 Å². The average Bonchev–Trinajstić information content (AvgIpc) is 2.03. The van der Waals surface area contributed by atoms with E-state index in [2.05, 4.69) is 5.92 Å². The zero-order valence-electron chi connectivity index (χ0n) is 5.79. The highest BCUT2D eigenvalue weighted by molar-refractivity contribution is 6.30. The van der Waals surface area contributed by atoms with Crippen LogP contribution in [-0.2, 0) is 0 Å². The molecule has 56 valence electrons. The highest BCUT2D eigenvalue weighted by Gasteiger charge is 2.01. The van der Waals surface area contributed by atoms with E-state index in [1.54, 1.807) is 24.3 Å². The van der Waals surface area contributed by atoms with Gasteiger partial charge in [-0.25, -0.2) is 0 Å². The van der Waals surface area contributed by atoms with Crippen LogP contribution in [0.1, 0.15) is 11.7 Å². The molecule has 11 heavy (non-hydrogen) atoms. The minimum absolute atomic E-state index is 0.580. The van der Waals surface area contributed by atoms with Crippen molar-refractivity contribution in [3.63, 3.8) is 0 Å². The fraction of sp³-hybridized carbons (Fsp3) is 0.111. The molecule has 0 aliphatic heterocycles. The monoisotopic (exact) mass is 166 g/mol. The van der Waals surface area contributed by atoms with Gasteiger partial charge in [0, 0.05) is 5.02 Å². The summed E-state index contributed by atoms with van der Waals surface area (Å²) in [4.78, 5) is 0. The van der Waals surface area contributed by atoms with E-state index in [4.69, 9.17) is 23.1 Å². The minimum Gasteiger partial charge on any atom is -0.376 e. The second-order valence-corrected chi connectivity index (χ2v) is 2.56. The molecule has 0 saturated carbocycles. The van der Waals surface area contributed by atoms with Crippen LogP contribution in [0.5, 0.6) is 0 Å². The van der Waals surface area contributed by atoms with Gasteiger partial charge in [0.05, 0.1) is 0 Å². The van der Waals surface area contributed by atoms with Crippen LogP contribution in [0.3, 0.4) is 0 Å². The predicted molar refractivity (Wildman–Crippen MR) is 45.2 cm³/mol. The molecular formula is C9H7ClO. The van der Waals surface area contributed by atoms with Gasteiger partial charge in [-0.2, -0.15) is 0 Å². The number of terminal acetylenes is 1. The SMILES string of the molecule is C#C[C@H](O)c1cccc(Cl)c1. The van der Waals surface area contributed by atoms with E-state index in [0.29, 0.717) is 10.6 Å². The normalized spacial score (nSPS) is 12.1. The van der Waals surface area contributed by atoms with Gasteiger partial charge in [-0.1, -0.05) is 29.7 Å². The van der Waals surface area contributed by atoms with E-state index in [1.165, 1.54) is 0 Å². The maximum atomic E-state index is 9.16. The maximum absolute atomic E-state index is 9.16. The Morgan fingerprint density at radius 1 is 1.55 bits per heavy atom. The quantitative estimate of drug-likeness (QED) is 0.633. The maximum Gasteiger partial charge on any atom is 0.140 e. The van der Waals surface area contributed by atoms with Crippen LogP contribution in [0.4, 0.5) is 0 Å². The Labute approximate surface area is 70.6 Å². The Balaban J connectivity index is 2.98. The largest absolute Gasteiger partial charge is 0.376 e. The van der Waals surface area contributed by atoms with E-state index in [0.717, 1.165) is 0 Å². The van der Waals surface area contributed by atoms with Crippen molar-refractivity contribution >= 4 is 11.6 Å². The van der Waals surface area contributed by atoms with E-state index >= 15 is 0 Å². The van der Waals surface area contributed by atoms with Crippen LogP contribution in [0.15, 0.2) is 24.3 Å². The molecule has 2 heteroatoms. The summed E-state index contributed by atoms with van der Waals surface area (Å²) >= 11 is 5.67. The molecule has 1 atom stereocenters. The Morgan fingerprint density at radius 3 is 2.82 bits per heavy atom. The number of aliphatic hydroxyl groups is 1. The lowest BCUT2D eigenvalue weighted by atomic mass is 10.1. The number of hydrogen-bond acceptors (Lipinski definition) is 1. The van der Waals surface area contributed by atoms with Gasteiger partial charge < -0.3 is 5.11 Å². The van der Waals surface area contributed by atoms with Gasteiger partial charge in [0.15, 0.2) is 0 Å². The molecule has 1 rings (SSSR count). The van der Waals surface area contributed by atoms with Gasteiger partial charge in [-0.15, -0.1) is 6.42 Å². The third-order valence-electron chi connectivity index (χ3n) is 1.32. The zero-order chi connectivity index (χ0) is 8.27. The summed E-state index contributed by atoms with van der Waals surface area (Å²) in [6.07, 6.45) is 4.16. The van der Waals surface area contributed by atoms with Crippen molar-refractivity contribution in [2.45, 2.75) is 6.10 Å². The van der Waals surface area contributed by atoms with Gasteiger partial charge >= 0.3 is 0 Å². The van der Waals surface area contributed by atoms with Crippen molar-refractivity contribution in [3.05, 3.63) is 34.9 Å². The molecule has 0 radical (unpaired) electrons. The Kier molecular flexibility index (Phi) is 2.53. The highest BCUT2D eigenvalue weighted by Crippen LogP contribution is 2.16. The summed E-state index contributed by atoms with van der Waals surface area (Å²) in [5, 5.41) is 9.74. The molecule has 0 spiro atoms. The van der Waals surface area contributed by atoms with Crippen LogP contribution >= 0.6 is 11.6 Å². The van der Waals surface area contributed by atoms with Crippen molar-refractivity contribution < 1.29 is 5.11 Å². The zero-order valence-corrected chi connectivity index (χ0v) is 6.55. The van der Waals surface area contributed by atoms with Crippen LogP contribution < -0.4 is 0 Å². The lowest BCUT2D eigenvalue weighted by Crippen LogP contribution is -1.91. The van der Waals surface area contributed by atoms with Crippen LogP contribution in [0.2, 0.25) is 5.02 Å². The first kappa shape index (κ1) is 8.13. The van der Waals surface area contributed by atoms with Gasteiger partial charge in [0.25, 0.3) is 0 Å². The first-order chi connectivity index (χ1) is 5.24. The Bertz CT molecular complexity index is 288. The fourth-order valence-electron chi connectivity index (χ4n) is 0.773. The van der Waals surface area contributed by atoms with Gasteiger partial charge in [0.1, 0.15) is 6.10 Å². The predicted octanol–water partition coefficient (Wildman–Crippen LogP) is 2.01. The summed E-state index contributed by atoms with van der Waals surface area (Å²) in [6, 6.07) is 6.86. The summed E-state index contributed by atoms with van der Waals surface area (Å²) < 4.78 is 0. The van der Waals surface area contributed by atoms with Gasteiger partial charge in [-0.05, 0) is 17.7 Å². The van der Waals surface area contributed by atoms with E-state index < -0.39 is 6.10 Å². The lowest BCUT2D eigenvalue weighted by Gasteiger charge is -2.02. The Hall–Kier alpha value is -0.970. The van der Waals surface area contributed by atoms with E-state index in [9.17, 15) is 0 Å². The summed E-state index contributed by atoms with van der Waals surface area (Å²) in [6.45, 7) is 0. The third-order valence-corrected chi connectivity index (χ3v) is 1.56. The molecule has 0 saturated heterocycles. The number of hydrogen-bond donors (Lipinski definition) is 1. The number of rotatable bonds is 1. The standard InChI is InChI=1S/C9H7ClO/c1-2-9(11)7-4-3-5-8(10)6-7/h1,3-6,9,11H/t9-/m0/s1. The molecule has 0 aromatic heterocycles. The summed E-state index contributed by atoms with van der Waals surface area (Å²) in [7, 11) is 0. The molecule has 1 N–H and O–H groups in total. The molecular weight excluding hydrogens is 160 g/mol. The molecule has 0 aliphatic rings. The molecule has 0 aliphatic carbocycles. The first-order valence-electron chi connectivity index (χ1n) is 3.13. The average molecular weight is 167 g/mol. The smallest absolute Gasteiger partial charge is 0.140 e. The molecule has 0 unspecified atom stereocenters. The van der Waals surface area contributed by atoms with Crippen molar-refractivity contribution in [3.8, 4) is 12.3 Å². The fourth-order valence-corrected chi connectivity index (χ4v) is 0.972. The minimum atomic E-state index is -0.853. The molecule has 0 heterocycles. The second kappa shape index (κ2) is 3.43. The van der Waals surface area contributed by atoms with Crippen molar-refractivity contribution in [2.24, 2.45) is 0 Å². The third kappa shape index (κ3) is 1.98. The molecule has 0 bridgehead atoms. The summed E-state index contributed by atoms with van der Waals surface area (Å²) in [5.74, 6) is 2.21. The van der Waals surface area contributed by atoms with E-state index in [-0.39, 0.29) is 0 Å². The first-order valence-corrected chi connectivity index (χ1v) is 3.51.